The van der Waals surface area contributed by atoms with Crippen LogP contribution in [0.3, 0.4) is 0 Å². The summed E-state index contributed by atoms with van der Waals surface area (Å²) in [6, 6.07) is 7.00. The van der Waals surface area contributed by atoms with Crippen LogP contribution in [0.15, 0.2) is 24.3 Å². The molecule has 0 saturated carbocycles. The smallest absolute Gasteiger partial charge is 0.254 e. The van der Waals surface area contributed by atoms with Gasteiger partial charge in [0, 0.05) is 29.2 Å². The highest BCUT2D eigenvalue weighted by Gasteiger charge is 2.38. The number of hydrogen-bond acceptors (Lipinski definition) is 4. The van der Waals surface area contributed by atoms with E-state index >= 15 is 0 Å². The molecule has 0 unspecified atom stereocenters. The van der Waals surface area contributed by atoms with Gasteiger partial charge in [0.05, 0.1) is 22.8 Å². The number of β-amino-alcohol motifs (C(OH)–C–C–N with tert-alkyl or cyclic N) is 1. The Bertz CT molecular complexity index is 776. The van der Waals surface area contributed by atoms with Crippen molar-refractivity contribution in [3.8, 4) is 0 Å². The van der Waals surface area contributed by atoms with Gasteiger partial charge in [0.25, 0.3) is 5.91 Å². The van der Waals surface area contributed by atoms with Crippen molar-refractivity contribution >= 4 is 28.4 Å². The number of nitrogens with zero attached hydrogens (tertiary/aromatic N) is 2. The zero-order chi connectivity index (χ0) is 16.8. The average molecular weight is 335 g/mol. The van der Waals surface area contributed by atoms with Crippen molar-refractivity contribution < 1.29 is 15.0 Å². The molecule has 23 heavy (non-hydrogen) atoms. The van der Waals surface area contributed by atoms with Crippen LogP contribution in [-0.2, 0) is 0 Å². The van der Waals surface area contributed by atoms with Gasteiger partial charge in [-0.3, -0.25) is 9.78 Å². The van der Waals surface area contributed by atoms with E-state index in [1.807, 2.05) is 6.92 Å². The predicted octanol–water partition coefficient (Wildman–Crippen LogP) is 2.15. The molecule has 2 aromatic rings. The molecule has 122 valence electrons. The highest BCUT2D eigenvalue weighted by molar-refractivity contribution is 6.31. The van der Waals surface area contributed by atoms with E-state index in [0.29, 0.717) is 34.5 Å². The fourth-order valence-electron chi connectivity index (χ4n) is 2.89. The molecular formula is C17H19ClN2O3. The molecule has 1 amide bonds. The summed E-state index contributed by atoms with van der Waals surface area (Å²) in [5.41, 5.74) is 0.815. The van der Waals surface area contributed by atoms with Gasteiger partial charge in [-0.25, -0.2) is 0 Å². The minimum Gasteiger partial charge on any atom is -0.388 e. The number of rotatable bonds is 1. The number of halogens is 1. The van der Waals surface area contributed by atoms with E-state index in [1.54, 1.807) is 36.1 Å². The summed E-state index contributed by atoms with van der Waals surface area (Å²) in [6.45, 7) is 3.92. The number of pyridine rings is 1. The van der Waals surface area contributed by atoms with E-state index in [9.17, 15) is 15.0 Å². The van der Waals surface area contributed by atoms with Crippen LogP contribution in [0.5, 0.6) is 0 Å². The van der Waals surface area contributed by atoms with Crippen LogP contribution in [-0.4, -0.2) is 50.8 Å². The number of amides is 1. The third-order valence-corrected chi connectivity index (χ3v) is 4.65. The second-order valence-electron chi connectivity index (χ2n) is 6.35. The lowest BCUT2D eigenvalue weighted by atomic mass is 9.90. The van der Waals surface area contributed by atoms with E-state index in [1.165, 1.54) is 0 Å². The molecule has 1 fully saturated rings. The van der Waals surface area contributed by atoms with Crippen molar-refractivity contribution in [3.05, 3.63) is 40.5 Å². The SMILES string of the molecule is Cc1cc(C(=O)N2CC[C@@](C)(O)[C@@H](O)C2)c2cc(Cl)ccc2n1. The lowest BCUT2D eigenvalue weighted by molar-refractivity contribution is -0.0999. The first-order chi connectivity index (χ1) is 10.8. The quantitative estimate of drug-likeness (QED) is 0.838. The number of aryl methyl sites for hydroxylation is 1. The fraction of sp³-hybridized carbons (Fsp3) is 0.412. The van der Waals surface area contributed by atoms with Gasteiger partial charge in [-0.1, -0.05) is 11.6 Å². The summed E-state index contributed by atoms with van der Waals surface area (Å²) in [7, 11) is 0. The Morgan fingerprint density at radius 3 is 2.87 bits per heavy atom. The van der Waals surface area contributed by atoms with Gasteiger partial charge < -0.3 is 15.1 Å². The van der Waals surface area contributed by atoms with Gasteiger partial charge in [-0.2, -0.15) is 0 Å². The number of carbonyl (C=O) groups is 1. The Morgan fingerprint density at radius 2 is 2.17 bits per heavy atom. The molecule has 1 saturated heterocycles. The molecule has 1 aliphatic heterocycles. The van der Waals surface area contributed by atoms with E-state index in [4.69, 9.17) is 11.6 Å². The first kappa shape index (κ1) is 16.2. The molecular weight excluding hydrogens is 316 g/mol. The summed E-state index contributed by atoms with van der Waals surface area (Å²) in [4.78, 5) is 18.9. The minimum atomic E-state index is -1.16. The first-order valence-corrected chi connectivity index (χ1v) is 7.92. The van der Waals surface area contributed by atoms with Gasteiger partial charge in [-0.15, -0.1) is 0 Å². The van der Waals surface area contributed by atoms with Crippen molar-refractivity contribution in [1.29, 1.82) is 0 Å². The molecule has 2 N–H and O–H groups in total. The first-order valence-electron chi connectivity index (χ1n) is 7.54. The monoisotopic (exact) mass is 334 g/mol. The predicted molar refractivity (Wildman–Crippen MR) is 88.6 cm³/mol. The average Bonchev–Trinajstić information content (AvgIpc) is 2.49. The van der Waals surface area contributed by atoms with Crippen LogP contribution < -0.4 is 0 Å². The molecule has 5 nitrogen and oxygen atoms in total. The molecule has 1 aromatic heterocycles. The normalized spacial score (nSPS) is 24.9. The second kappa shape index (κ2) is 5.74. The van der Waals surface area contributed by atoms with Crippen molar-refractivity contribution in [2.75, 3.05) is 13.1 Å². The Labute approximate surface area is 139 Å². The van der Waals surface area contributed by atoms with Crippen molar-refractivity contribution in [2.24, 2.45) is 0 Å². The molecule has 2 atom stereocenters. The van der Waals surface area contributed by atoms with Crippen molar-refractivity contribution in [3.63, 3.8) is 0 Å². The van der Waals surface area contributed by atoms with E-state index in [0.717, 1.165) is 5.69 Å². The summed E-state index contributed by atoms with van der Waals surface area (Å²) in [5, 5.41) is 21.3. The Hall–Kier alpha value is -1.69. The highest BCUT2D eigenvalue weighted by Crippen LogP contribution is 2.27. The number of aliphatic hydroxyl groups is 2. The van der Waals surface area contributed by atoms with Crippen LogP contribution >= 0.6 is 11.6 Å². The summed E-state index contributed by atoms with van der Waals surface area (Å²) in [6.07, 6.45) is -0.624. The molecule has 1 aromatic carbocycles. The molecule has 0 spiro atoms. The highest BCUT2D eigenvalue weighted by atomic mass is 35.5. The number of benzene rings is 1. The van der Waals surface area contributed by atoms with E-state index in [-0.39, 0.29) is 12.5 Å². The number of aromatic nitrogens is 1. The number of likely N-dealkylation sites (tertiary alicyclic amines) is 1. The van der Waals surface area contributed by atoms with Gasteiger partial charge in [0.1, 0.15) is 0 Å². The Balaban J connectivity index is 2.00. The molecule has 0 bridgehead atoms. The molecule has 2 heterocycles. The maximum absolute atomic E-state index is 12.9. The van der Waals surface area contributed by atoms with Crippen LogP contribution in [0.25, 0.3) is 10.9 Å². The topological polar surface area (TPSA) is 73.7 Å². The van der Waals surface area contributed by atoms with Gasteiger partial charge in [-0.05, 0) is 44.5 Å². The number of aliphatic hydroxyl groups excluding tert-OH is 1. The number of hydrogen-bond donors (Lipinski definition) is 2. The molecule has 0 aliphatic carbocycles. The maximum Gasteiger partial charge on any atom is 0.254 e. The molecule has 3 rings (SSSR count). The second-order valence-corrected chi connectivity index (χ2v) is 6.78. The van der Waals surface area contributed by atoms with Crippen LogP contribution in [0.4, 0.5) is 0 Å². The third kappa shape index (κ3) is 3.04. The number of piperidine rings is 1. The van der Waals surface area contributed by atoms with Gasteiger partial charge >= 0.3 is 0 Å². The summed E-state index contributed by atoms with van der Waals surface area (Å²) < 4.78 is 0. The van der Waals surface area contributed by atoms with E-state index < -0.39 is 11.7 Å². The maximum atomic E-state index is 12.9. The van der Waals surface area contributed by atoms with Gasteiger partial charge in [0.2, 0.25) is 0 Å². The third-order valence-electron chi connectivity index (χ3n) is 4.42. The van der Waals surface area contributed by atoms with Crippen LogP contribution in [0.1, 0.15) is 29.4 Å². The Kier molecular flexibility index (Phi) is 4.04. The largest absolute Gasteiger partial charge is 0.388 e. The van der Waals surface area contributed by atoms with Gasteiger partial charge in [0.15, 0.2) is 0 Å². The number of fused-ring (bicyclic) bond motifs is 1. The molecule has 1 aliphatic rings. The summed E-state index contributed by atoms with van der Waals surface area (Å²) in [5.74, 6) is -0.183. The lowest BCUT2D eigenvalue weighted by Crippen LogP contribution is -2.55. The van der Waals surface area contributed by atoms with Crippen LogP contribution in [0.2, 0.25) is 5.02 Å². The summed E-state index contributed by atoms with van der Waals surface area (Å²) >= 11 is 6.06. The lowest BCUT2D eigenvalue weighted by Gasteiger charge is -2.40. The van der Waals surface area contributed by atoms with Crippen molar-refractivity contribution in [2.45, 2.75) is 32.0 Å². The molecule has 0 radical (unpaired) electrons. The minimum absolute atomic E-state index is 0.106. The van der Waals surface area contributed by atoms with E-state index in [2.05, 4.69) is 4.98 Å². The molecule has 6 heteroatoms. The van der Waals surface area contributed by atoms with Crippen molar-refractivity contribution in [1.82, 2.24) is 9.88 Å². The standard InChI is InChI=1S/C17H19ClN2O3/c1-10-7-13(12-8-11(18)3-4-14(12)19-10)16(22)20-6-5-17(2,23)15(21)9-20/h3-4,7-8,15,21,23H,5-6,9H2,1-2H3/t15-,17+/m0/s1. The van der Waals surface area contributed by atoms with Crippen LogP contribution in [0, 0.1) is 6.92 Å². The zero-order valence-corrected chi connectivity index (χ0v) is 13.8. The zero-order valence-electron chi connectivity index (χ0n) is 13.1. The number of carbonyl (C=O) groups excluding carboxylic acids is 1. The fourth-order valence-corrected chi connectivity index (χ4v) is 3.06. The Morgan fingerprint density at radius 1 is 1.43 bits per heavy atom.